The Kier molecular flexibility index (Phi) is 6.21. The Hall–Kier alpha value is -0.220. The first-order valence-electron chi connectivity index (χ1n) is 5.27. The van der Waals surface area contributed by atoms with Crippen molar-refractivity contribution in [2.75, 3.05) is 19.5 Å². The van der Waals surface area contributed by atoms with Crippen molar-refractivity contribution in [3.63, 3.8) is 0 Å². The van der Waals surface area contributed by atoms with E-state index in [9.17, 15) is 0 Å². The van der Waals surface area contributed by atoms with Gasteiger partial charge in [0, 0.05) is 29.2 Å². The molecule has 2 N–H and O–H groups in total. The maximum absolute atomic E-state index is 6.18. The van der Waals surface area contributed by atoms with Crippen molar-refractivity contribution in [3.8, 4) is 0 Å². The Morgan fingerprint density at radius 1 is 1.44 bits per heavy atom. The average molecular weight is 260 g/mol. The molecule has 1 aromatic rings. The maximum Gasteiger partial charge on any atom is 0.0553 e. The van der Waals surface area contributed by atoms with Crippen LogP contribution in [0, 0.1) is 0 Å². The third kappa shape index (κ3) is 3.98. The molecule has 4 heteroatoms. The van der Waals surface area contributed by atoms with Gasteiger partial charge >= 0.3 is 0 Å². The lowest BCUT2D eigenvalue weighted by atomic mass is 10.1. The summed E-state index contributed by atoms with van der Waals surface area (Å²) in [6.07, 6.45) is 0. The molecule has 0 aliphatic carbocycles. The number of methoxy groups -OCH3 is 1. The molecule has 0 amide bonds. The largest absolute Gasteiger partial charge is 0.384 e. The predicted molar refractivity (Wildman–Crippen MR) is 72.2 cm³/mol. The summed E-state index contributed by atoms with van der Waals surface area (Å²) in [5.74, 6) is 0.925. The highest BCUT2D eigenvalue weighted by Crippen LogP contribution is 2.35. The molecule has 0 radical (unpaired) electrons. The second kappa shape index (κ2) is 7.17. The Morgan fingerprint density at radius 2 is 2.12 bits per heavy atom. The molecule has 0 saturated heterocycles. The molecule has 2 nitrogen and oxygen atoms in total. The van der Waals surface area contributed by atoms with E-state index in [4.69, 9.17) is 22.1 Å². The van der Waals surface area contributed by atoms with Crippen LogP contribution in [-0.2, 0) is 4.74 Å². The lowest BCUT2D eigenvalue weighted by Crippen LogP contribution is -2.23. The van der Waals surface area contributed by atoms with Gasteiger partial charge in [0.15, 0.2) is 0 Å². The quantitative estimate of drug-likeness (QED) is 0.798. The minimum Gasteiger partial charge on any atom is -0.384 e. The van der Waals surface area contributed by atoms with Gasteiger partial charge in [-0.15, -0.1) is 11.8 Å². The van der Waals surface area contributed by atoms with Gasteiger partial charge in [0.05, 0.1) is 6.61 Å². The molecule has 0 aromatic heterocycles. The van der Waals surface area contributed by atoms with E-state index in [0.29, 0.717) is 0 Å². The molecule has 0 aliphatic rings. The third-order valence-corrected chi connectivity index (χ3v) is 4.06. The van der Waals surface area contributed by atoms with E-state index in [1.54, 1.807) is 18.9 Å². The number of rotatable bonds is 6. The fourth-order valence-corrected chi connectivity index (χ4v) is 3.01. The van der Waals surface area contributed by atoms with Crippen LogP contribution in [0.15, 0.2) is 24.3 Å². The summed E-state index contributed by atoms with van der Waals surface area (Å²) >= 11 is 7.96. The number of ether oxygens (including phenoxy) is 1. The summed E-state index contributed by atoms with van der Waals surface area (Å²) in [6, 6.07) is 7.94. The summed E-state index contributed by atoms with van der Waals surface area (Å²) in [5.41, 5.74) is 7.11. The Morgan fingerprint density at radius 3 is 2.69 bits per heavy atom. The third-order valence-electron chi connectivity index (χ3n) is 2.27. The molecule has 0 spiro atoms. The molecule has 2 atom stereocenters. The van der Waals surface area contributed by atoms with Crippen LogP contribution in [0.1, 0.15) is 17.7 Å². The Balaban J connectivity index is 2.74. The van der Waals surface area contributed by atoms with Gasteiger partial charge in [-0.1, -0.05) is 29.8 Å². The highest BCUT2D eigenvalue weighted by Gasteiger charge is 2.18. The Bertz CT molecular complexity index is 320. The second-order valence-electron chi connectivity index (χ2n) is 3.66. The summed E-state index contributed by atoms with van der Waals surface area (Å²) in [6.45, 7) is 2.74. The molecule has 2 unspecified atom stereocenters. The number of benzene rings is 1. The van der Waals surface area contributed by atoms with Crippen LogP contribution in [0.2, 0.25) is 5.02 Å². The predicted octanol–water partition coefficient (Wildman–Crippen LogP) is 3.11. The molecule has 0 heterocycles. The first kappa shape index (κ1) is 13.8. The van der Waals surface area contributed by atoms with Gasteiger partial charge in [-0.05, 0) is 18.6 Å². The fourth-order valence-electron chi connectivity index (χ4n) is 1.49. The van der Waals surface area contributed by atoms with Crippen molar-refractivity contribution in [3.05, 3.63) is 34.9 Å². The lowest BCUT2D eigenvalue weighted by molar-refractivity contribution is 0.218. The monoisotopic (exact) mass is 259 g/mol. The SMILES string of the molecule is COCCSC(c1ccccc1Cl)C(C)N. The summed E-state index contributed by atoms with van der Waals surface area (Å²) < 4.78 is 5.04. The van der Waals surface area contributed by atoms with Gasteiger partial charge in [0.1, 0.15) is 0 Å². The van der Waals surface area contributed by atoms with Gasteiger partial charge in [0.2, 0.25) is 0 Å². The van der Waals surface area contributed by atoms with Crippen molar-refractivity contribution in [2.45, 2.75) is 18.2 Å². The van der Waals surface area contributed by atoms with Crippen LogP contribution in [0.25, 0.3) is 0 Å². The number of nitrogens with two attached hydrogens (primary N) is 1. The van der Waals surface area contributed by atoms with Crippen LogP contribution in [0.4, 0.5) is 0 Å². The van der Waals surface area contributed by atoms with Crippen LogP contribution >= 0.6 is 23.4 Å². The van der Waals surface area contributed by atoms with Gasteiger partial charge in [-0.2, -0.15) is 0 Å². The molecular weight excluding hydrogens is 242 g/mol. The van der Waals surface area contributed by atoms with E-state index in [1.165, 1.54) is 0 Å². The van der Waals surface area contributed by atoms with Gasteiger partial charge in [-0.25, -0.2) is 0 Å². The van der Waals surface area contributed by atoms with Crippen LogP contribution < -0.4 is 5.73 Å². The Labute approximate surface area is 107 Å². The summed E-state index contributed by atoms with van der Waals surface area (Å²) in [5, 5.41) is 1.01. The summed E-state index contributed by atoms with van der Waals surface area (Å²) in [4.78, 5) is 0. The first-order chi connectivity index (χ1) is 7.66. The van der Waals surface area contributed by atoms with Gasteiger partial charge in [0.25, 0.3) is 0 Å². The second-order valence-corrected chi connectivity index (χ2v) is 5.32. The summed E-state index contributed by atoms with van der Waals surface area (Å²) in [7, 11) is 1.71. The molecule has 1 rings (SSSR count). The molecule has 90 valence electrons. The zero-order valence-electron chi connectivity index (χ0n) is 9.65. The minimum absolute atomic E-state index is 0.0711. The van der Waals surface area contributed by atoms with Crippen molar-refractivity contribution < 1.29 is 4.74 Å². The zero-order valence-corrected chi connectivity index (χ0v) is 11.2. The molecular formula is C12H18ClNOS. The van der Waals surface area contributed by atoms with Gasteiger partial charge in [-0.3, -0.25) is 0 Å². The topological polar surface area (TPSA) is 35.2 Å². The normalized spacial score (nSPS) is 14.8. The average Bonchev–Trinajstić information content (AvgIpc) is 2.25. The number of halogens is 1. The van der Waals surface area contributed by atoms with E-state index in [2.05, 4.69) is 0 Å². The van der Waals surface area contributed by atoms with Crippen LogP contribution in [0.3, 0.4) is 0 Å². The smallest absolute Gasteiger partial charge is 0.0553 e. The van der Waals surface area contributed by atoms with Crippen LogP contribution in [-0.4, -0.2) is 25.5 Å². The van der Waals surface area contributed by atoms with Gasteiger partial charge < -0.3 is 10.5 Å². The molecule has 0 saturated carbocycles. The molecule has 1 aromatic carbocycles. The highest BCUT2D eigenvalue weighted by atomic mass is 35.5. The van der Waals surface area contributed by atoms with E-state index >= 15 is 0 Å². The zero-order chi connectivity index (χ0) is 12.0. The number of thioether (sulfide) groups is 1. The van der Waals surface area contributed by atoms with Crippen molar-refractivity contribution >= 4 is 23.4 Å². The van der Waals surface area contributed by atoms with Crippen molar-refractivity contribution in [1.29, 1.82) is 0 Å². The van der Waals surface area contributed by atoms with E-state index < -0.39 is 0 Å². The highest BCUT2D eigenvalue weighted by molar-refractivity contribution is 7.99. The lowest BCUT2D eigenvalue weighted by Gasteiger charge is -2.21. The van der Waals surface area contributed by atoms with E-state index in [-0.39, 0.29) is 11.3 Å². The van der Waals surface area contributed by atoms with Crippen molar-refractivity contribution in [2.24, 2.45) is 5.73 Å². The molecule has 0 aliphatic heterocycles. The number of hydrogen-bond donors (Lipinski definition) is 1. The van der Waals surface area contributed by atoms with E-state index in [0.717, 1.165) is 22.9 Å². The van der Waals surface area contributed by atoms with Crippen molar-refractivity contribution in [1.82, 2.24) is 0 Å². The molecule has 0 fully saturated rings. The number of hydrogen-bond acceptors (Lipinski definition) is 3. The maximum atomic E-state index is 6.18. The van der Waals surface area contributed by atoms with Crippen LogP contribution in [0.5, 0.6) is 0 Å². The van der Waals surface area contributed by atoms with E-state index in [1.807, 2.05) is 31.2 Å². The minimum atomic E-state index is 0.0711. The standard InChI is InChI=1S/C12H18ClNOS/c1-9(14)12(16-8-7-15-2)10-5-3-4-6-11(10)13/h3-6,9,12H,7-8,14H2,1-2H3. The fraction of sp³-hybridized carbons (Fsp3) is 0.500. The molecule has 16 heavy (non-hydrogen) atoms. The molecule has 0 bridgehead atoms. The first-order valence-corrected chi connectivity index (χ1v) is 6.70.